The Morgan fingerprint density at radius 1 is 1.09 bits per heavy atom. The number of likely N-dealkylation sites (tertiary alicyclic amines) is 1. The van der Waals surface area contributed by atoms with Crippen LogP contribution >= 0.6 is 15.9 Å². The van der Waals surface area contributed by atoms with Crippen LogP contribution in [0.25, 0.3) is 22.0 Å². The predicted molar refractivity (Wildman–Crippen MR) is 158 cm³/mol. The maximum Gasteiger partial charge on any atom is 0.418 e. The number of piperidine rings is 1. The van der Waals surface area contributed by atoms with Crippen LogP contribution in [0.1, 0.15) is 54.1 Å². The van der Waals surface area contributed by atoms with Gasteiger partial charge < -0.3 is 10.2 Å². The molecule has 3 aromatic heterocycles. The summed E-state index contributed by atoms with van der Waals surface area (Å²) in [6, 6.07) is 4.81. The molecule has 1 saturated carbocycles. The summed E-state index contributed by atoms with van der Waals surface area (Å²) in [4.78, 5) is 53.8. The minimum absolute atomic E-state index is 0.0427. The Kier molecular flexibility index (Phi) is 7.10. The SMILES string of the molecule is CC(=O)c1nn(CC(=O)N2[C@H](C(=O)Nc3nc(Br)ccc3C)C[C@@]3(C)C[C@@H]23)c2c(C(F)(F)F)cc(-c3cnc(C)nc3)cc12. The van der Waals surface area contributed by atoms with Crippen LogP contribution in [0.3, 0.4) is 0 Å². The van der Waals surface area contributed by atoms with Gasteiger partial charge >= 0.3 is 6.18 Å². The zero-order valence-electron chi connectivity index (χ0n) is 24.2. The van der Waals surface area contributed by atoms with Gasteiger partial charge in [0.15, 0.2) is 5.78 Å². The topological polar surface area (TPSA) is 123 Å². The molecule has 0 bridgehead atoms. The number of amides is 2. The Bertz CT molecular complexity index is 1860. The van der Waals surface area contributed by atoms with Gasteiger partial charge in [0.1, 0.15) is 34.5 Å². The van der Waals surface area contributed by atoms with Crippen molar-refractivity contribution in [2.24, 2.45) is 5.41 Å². The molecule has 2 amide bonds. The van der Waals surface area contributed by atoms with Crippen molar-refractivity contribution in [1.82, 2.24) is 29.6 Å². The zero-order valence-corrected chi connectivity index (χ0v) is 25.7. The van der Waals surface area contributed by atoms with Crippen molar-refractivity contribution in [3.8, 4) is 11.1 Å². The number of pyridine rings is 1. The van der Waals surface area contributed by atoms with E-state index in [1.165, 1.54) is 30.3 Å². The van der Waals surface area contributed by atoms with E-state index in [2.05, 4.69) is 41.3 Å². The molecule has 10 nitrogen and oxygen atoms in total. The smallest absolute Gasteiger partial charge is 0.325 e. The number of hydrogen-bond donors (Lipinski definition) is 1. The quantitative estimate of drug-likeness (QED) is 0.212. The van der Waals surface area contributed by atoms with E-state index in [9.17, 15) is 27.6 Å². The van der Waals surface area contributed by atoms with Crippen molar-refractivity contribution in [3.05, 3.63) is 63.9 Å². The predicted octanol–water partition coefficient (Wildman–Crippen LogP) is 5.51. The Hall–Kier alpha value is -4.20. The molecule has 2 aliphatic rings. The molecule has 1 saturated heterocycles. The molecule has 1 aliphatic carbocycles. The lowest BCUT2D eigenvalue weighted by atomic mass is 10.00. The van der Waals surface area contributed by atoms with Crippen LogP contribution in [0.15, 0.2) is 41.3 Å². The van der Waals surface area contributed by atoms with Gasteiger partial charge in [0, 0.05) is 36.3 Å². The summed E-state index contributed by atoms with van der Waals surface area (Å²) in [5.41, 5.74) is -0.714. The minimum atomic E-state index is -4.84. The molecule has 0 radical (unpaired) electrons. The van der Waals surface area contributed by atoms with Gasteiger partial charge in [0.2, 0.25) is 11.8 Å². The zero-order chi connectivity index (χ0) is 31.7. The fourth-order valence-electron chi connectivity index (χ4n) is 6.02. The molecule has 0 unspecified atom stereocenters. The third-order valence-corrected chi connectivity index (χ3v) is 8.85. The second-order valence-electron chi connectivity index (χ2n) is 11.7. The monoisotopic (exact) mass is 669 g/mol. The van der Waals surface area contributed by atoms with Gasteiger partial charge in [-0.1, -0.05) is 13.0 Å². The van der Waals surface area contributed by atoms with Gasteiger partial charge in [-0.3, -0.25) is 19.1 Å². The van der Waals surface area contributed by atoms with Gasteiger partial charge in [0.05, 0.1) is 11.1 Å². The van der Waals surface area contributed by atoms with Crippen molar-refractivity contribution < 1.29 is 27.6 Å². The minimum Gasteiger partial charge on any atom is -0.325 e. The highest BCUT2D eigenvalue weighted by atomic mass is 79.9. The molecule has 3 atom stereocenters. The van der Waals surface area contributed by atoms with E-state index >= 15 is 0 Å². The van der Waals surface area contributed by atoms with Crippen LogP contribution < -0.4 is 5.32 Å². The molecule has 4 aromatic rings. The van der Waals surface area contributed by atoms with Crippen LogP contribution in [-0.4, -0.2) is 59.3 Å². The largest absolute Gasteiger partial charge is 0.418 e. The number of anilines is 1. The van der Waals surface area contributed by atoms with Crippen LogP contribution in [-0.2, 0) is 22.3 Å². The highest BCUT2D eigenvalue weighted by Crippen LogP contribution is 2.59. The van der Waals surface area contributed by atoms with Crippen molar-refractivity contribution in [3.63, 3.8) is 0 Å². The molecule has 228 valence electrons. The number of rotatable bonds is 6. The molecule has 44 heavy (non-hydrogen) atoms. The molecular weight excluding hydrogens is 643 g/mol. The van der Waals surface area contributed by atoms with E-state index in [4.69, 9.17) is 0 Å². The number of nitrogens with one attached hydrogen (secondary N) is 1. The fourth-order valence-corrected chi connectivity index (χ4v) is 6.33. The third-order valence-electron chi connectivity index (χ3n) is 8.41. The Balaban J connectivity index is 1.38. The standard InChI is InChI=1S/C30H27BrF3N7O3/c1-14-5-6-23(31)37-27(14)38-28(44)21-9-29(4)10-22(29)41(21)24(43)13-40-26-19(25(39-40)15(2)42)7-17(8-20(26)30(32,33)34)18-11-35-16(3)36-12-18/h5-8,11-12,21-22H,9-10,13H2,1-4H3,(H,37,38,44)/t21-,22+,29-/m0/s1. The second-order valence-corrected chi connectivity index (χ2v) is 12.5. The maximum absolute atomic E-state index is 14.5. The Morgan fingerprint density at radius 3 is 2.45 bits per heavy atom. The fraction of sp³-hybridized carbons (Fsp3) is 0.367. The maximum atomic E-state index is 14.5. The van der Waals surface area contributed by atoms with E-state index in [-0.39, 0.29) is 33.6 Å². The van der Waals surface area contributed by atoms with Crippen LogP contribution in [0.5, 0.6) is 0 Å². The number of alkyl halides is 3. The molecular formula is C30H27BrF3N7O3. The molecule has 4 heterocycles. The number of carbonyl (C=O) groups is 3. The summed E-state index contributed by atoms with van der Waals surface area (Å²) in [6.07, 6.45) is -0.959. The van der Waals surface area contributed by atoms with Crippen molar-refractivity contribution in [2.75, 3.05) is 5.32 Å². The lowest BCUT2D eigenvalue weighted by Crippen LogP contribution is -2.47. The van der Waals surface area contributed by atoms with Crippen LogP contribution in [0, 0.1) is 19.3 Å². The van der Waals surface area contributed by atoms with Crippen molar-refractivity contribution >= 4 is 50.2 Å². The Labute approximate surface area is 258 Å². The summed E-state index contributed by atoms with van der Waals surface area (Å²) in [6.45, 7) is 6.03. The number of aryl methyl sites for hydroxylation is 2. The van der Waals surface area contributed by atoms with Gasteiger partial charge in [-0.15, -0.1) is 0 Å². The number of aromatic nitrogens is 5. The van der Waals surface area contributed by atoms with Crippen molar-refractivity contribution in [1.29, 1.82) is 0 Å². The van der Waals surface area contributed by atoms with Crippen molar-refractivity contribution in [2.45, 2.75) is 65.3 Å². The number of halogens is 4. The first-order chi connectivity index (χ1) is 20.7. The number of carbonyl (C=O) groups excluding carboxylic acids is 3. The van der Waals surface area contributed by atoms with Gasteiger partial charge in [-0.05, 0) is 77.4 Å². The van der Waals surface area contributed by atoms with E-state index < -0.39 is 41.9 Å². The van der Waals surface area contributed by atoms with Crippen LogP contribution in [0.2, 0.25) is 0 Å². The number of hydrogen-bond acceptors (Lipinski definition) is 7. The number of ketones is 1. The third kappa shape index (κ3) is 5.24. The number of Topliss-reactive ketones (excluding diaryl/α,β-unsaturated/α-hetero) is 1. The summed E-state index contributed by atoms with van der Waals surface area (Å²) >= 11 is 3.29. The van der Waals surface area contributed by atoms with E-state index in [1.54, 1.807) is 26.0 Å². The average molecular weight is 670 g/mol. The first-order valence-corrected chi connectivity index (χ1v) is 14.6. The van der Waals surface area contributed by atoms with Gasteiger partial charge in [-0.25, -0.2) is 15.0 Å². The normalized spacial score (nSPS) is 21.0. The molecule has 6 rings (SSSR count). The highest BCUT2D eigenvalue weighted by molar-refractivity contribution is 9.10. The summed E-state index contributed by atoms with van der Waals surface area (Å²) in [7, 11) is 0. The lowest BCUT2D eigenvalue weighted by molar-refractivity contribution is -0.139. The van der Waals surface area contributed by atoms with E-state index in [1.807, 2.05) is 6.92 Å². The summed E-state index contributed by atoms with van der Waals surface area (Å²) < 4.78 is 45.1. The molecule has 1 aromatic carbocycles. The lowest BCUT2D eigenvalue weighted by Gasteiger charge is -2.27. The van der Waals surface area contributed by atoms with Gasteiger partial charge in [0.25, 0.3) is 0 Å². The summed E-state index contributed by atoms with van der Waals surface area (Å²) in [5.74, 6) is -0.770. The molecule has 1 aliphatic heterocycles. The number of benzene rings is 1. The number of fused-ring (bicyclic) bond motifs is 2. The molecule has 1 N–H and O–H groups in total. The average Bonchev–Trinajstić information content (AvgIpc) is 3.31. The van der Waals surface area contributed by atoms with E-state index in [0.717, 1.165) is 16.3 Å². The number of nitrogens with zero attached hydrogens (tertiary/aromatic N) is 6. The first-order valence-electron chi connectivity index (χ1n) is 13.8. The van der Waals surface area contributed by atoms with Gasteiger partial charge in [-0.2, -0.15) is 18.3 Å². The molecule has 0 spiro atoms. The first kappa shape index (κ1) is 29.9. The molecule has 14 heteroatoms. The second kappa shape index (κ2) is 10.5. The Morgan fingerprint density at radius 2 is 1.80 bits per heavy atom. The van der Waals surface area contributed by atoms with Crippen LogP contribution in [0.4, 0.5) is 19.0 Å². The molecule has 2 fully saturated rings. The van der Waals surface area contributed by atoms with E-state index in [0.29, 0.717) is 34.7 Å². The summed E-state index contributed by atoms with van der Waals surface area (Å²) in [5, 5.41) is 6.97. The highest BCUT2D eigenvalue weighted by Gasteiger charge is 2.64.